The minimum Gasteiger partial charge on any atom is -0.492 e. The van der Waals surface area contributed by atoms with E-state index in [1.807, 2.05) is 48.5 Å². The smallest absolute Gasteiger partial charge is 0.193 e. The van der Waals surface area contributed by atoms with Crippen molar-refractivity contribution in [3.05, 3.63) is 89.7 Å². The van der Waals surface area contributed by atoms with Crippen LogP contribution in [-0.4, -0.2) is 36.9 Å². The van der Waals surface area contributed by atoms with Gasteiger partial charge in [-0.25, -0.2) is 4.39 Å². The highest BCUT2D eigenvalue weighted by Crippen LogP contribution is 2.27. The van der Waals surface area contributed by atoms with Gasteiger partial charge in [0.25, 0.3) is 0 Å². The first-order chi connectivity index (χ1) is 14.2. The van der Waals surface area contributed by atoms with E-state index in [1.54, 1.807) is 0 Å². The second-order valence-corrected chi connectivity index (χ2v) is 7.30. The minimum atomic E-state index is -0.352. The van der Waals surface area contributed by atoms with Crippen molar-refractivity contribution >= 4 is 5.78 Å². The van der Waals surface area contributed by atoms with Gasteiger partial charge in [-0.05, 0) is 73.5 Å². The number of carbonyl (C=O) groups excluding carboxylic acids is 1. The highest BCUT2D eigenvalue weighted by atomic mass is 19.1. The van der Waals surface area contributed by atoms with Crippen molar-refractivity contribution < 1.29 is 13.9 Å². The molecule has 3 aromatic rings. The van der Waals surface area contributed by atoms with Crippen LogP contribution >= 0.6 is 0 Å². The Kier molecular flexibility index (Phi) is 6.01. The molecule has 0 aliphatic carbocycles. The standard InChI is InChI=1S/C25H24FNO2/c26-21-11-7-20(8-12-21)25(28)24-6-2-1-5-23(24)19-9-13-22(14-10-19)29-18-17-27-15-3-4-16-27/h1-2,5-14H,3-4,15-18H2. The van der Waals surface area contributed by atoms with Crippen LogP contribution in [-0.2, 0) is 0 Å². The SMILES string of the molecule is O=C(c1ccc(F)cc1)c1ccccc1-c1ccc(OCCN2CCCC2)cc1. The average Bonchev–Trinajstić information content (AvgIpc) is 3.28. The van der Waals surface area contributed by atoms with E-state index < -0.39 is 0 Å². The number of carbonyl (C=O) groups is 1. The normalized spacial score (nSPS) is 14.1. The van der Waals surface area contributed by atoms with Crippen molar-refractivity contribution in [2.24, 2.45) is 0 Å². The van der Waals surface area contributed by atoms with Gasteiger partial charge in [-0.3, -0.25) is 9.69 Å². The predicted octanol–water partition coefficient (Wildman–Crippen LogP) is 5.20. The molecule has 3 aromatic carbocycles. The first-order valence-corrected chi connectivity index (χ1v) is 10.1. The van der Waals surface area contributed by atoms with Crippen molar-refractivity contribution in [3.63, 3.8) is 0 Å². The zero-order chi connectivity index (χ0) is 20.1. The summed E-state index contributed by atoms with van der Waals surface area (Å²) in [6.45, 7) is 3.97. The van der Waals surface area contributed by atoms with Crippen LogP contribution in [0.4, 0.5) is 4.39 Å². The summed E-state index contributed by atoms with van der Waals surface area (Å²) >= 11 is 0. The Hall–Kier alpha value is -2.98. The molecule has 29 heavy (non-hydrogen) atoms. The molecule has 0 amide bonds. The topological polar surface area (TPSA) is 29.5 Å². The molecule has 3 nitrogen and oxygen atoms in total. The molecule has 148 valence electrons. The van der Waals surface area contributed by atoms with E-state index in [2.05, 4.69) is 4.90 Å². The fourth-order valence-electron chi connectivity index (χ4n) is 3.72. The Morgan fingerprint density at radius 2 is 1.59 bits per heavy atom. The first kappa shape index (κ1) is 19.3. The molecule has 0 radical (unpaired) electrons. The zero-order valence-corrected chi connectivity index (χ0v) is 16.3. The van der Waals surface area contributed by atoms with E-state index in [4.69, 9.17) is 4.74 Å². The lowest BCUT2D eigenvalue weighted by Gasteiger charge is -2.15. The zero-order valence-electron chi connectivity index (χ0n) is 16.3. The number of benzene rings is 3. The number of halogens is 1. The average molecular weight is 389 g/mol. The van der Waals surface area contributed by atoms with Crippen LogP contribution in [0.15, 0.2) is 72.8 Å². The summed E-state index contributed by atoms with van der Waals surface area (Å²) in [5.74, 6) is 0.358. The number of nitrogens with zero attached hydrogens (tertiary/aromatic N) is 1. The lowest BCUT2D eigenvalue weighted by atomic mass is 9.94. The monoisotopic (exact) mass is 389 g/mol. The Balaban J connectivity index is 1.48. The predicted molar refractivity (Wildman–Crippen MR) is 113 cm³/mol. The summed E-state index contributed by atoms with van der Waals surface area (Å²) < 4.78 is 19.1. The van der Waals surface area contributed by atoms with Gasteiger partial charge < -0.3 is 4.74 Å². The van der Waals surface area contributed by atoms with Crippen molar-refractivity contribution in [3.8, 4) is 16.9 Å². The number of ketones is 1. The second kappa shape index (κ2) is 9.01. The maximum atomic E-state index is 13.2. The molecule has 0 atom stereocenters. The fourth-order valence-corrected chi connectivity index (χ4v) is 3.72. The molecule has 1 saturated heterocycles. The van der Waals surface area contributed by atoms with Gasteiger partial charge in [-0.15, -0.1) is 0 Å². The molecule has 1 aliphatic rings. The number of hydrogen-bond acceptors (Lipinski definition) is 3. The van der Waals surface area contributed by atoms with E-state index in [0.717, 1.165) is 23.4 Å². The largest absolute Gasteiger partial charge is 0.492 e. The number of ether oxygens (including phenoxy) is 1. The molecular formula is C25H24FNO2. The highest BCUT2D eigenvalue weighted by Gasteiger charge is 2.15. The lowest BCUT2D eigenvalue weighted by molar-refractivity contribution is 0.103. The third kappa shape index (κ3) is 4.72. The molecule has 0 saturated carbocycles. The fraction of sp³-hybridized carbons (Fsp3) is 0.240. The van der Waals surface area contributed by atoms with Gasteiger partial charge in [0.2, 0.25) is 0 Å². The molecule has 0 aromatic heterocycles. The molecule has 1 fully saturated rings. The summed E-state index contributed by atoms with van der Waals surface area (Å²) in [4.78, 5) is 15.4. The van der Waals surface area contributed by atoms with Crippen LogP contribution in [0.1, 0.15) is 28.8 Å². The Bertz CT molecular complexity index is 961. The second-order valence-electron chi connectivity index (χ2n) is 7.30. The third-order valence-corrected chi connectivity index (χ3v) is 5.32. The van der Waals surface area contributed by atoms with Gasteiger partial charge in [0.15, 0.2) is 5.78 Å². The summed E-state index contributed by atoms with van der Waals surface area (Å²) in [6.07, 6.45) is 2.56. The molecular weight excluding hydrogens is 365 g/mol. The van der Waals surface area contributed by atoms with E-state index in [9.17, 15) is 9.18 Å². The van der Waals surface area contributed by atoms with Crippen LogP contribution < -0.4 is 4.74 Å². The molecule has 0 N–H and O–H groups in total. The van der Waals surface area contributed by atoms with Gasteiger partial charge >= 0.3 is 0 Å². The van der Waals surface area contributed by atoms with Gasteiger partial charge in [0.05, 0.1) is 0 Å². The molecule has 4 heteroatoms. The van der Waals surface area contributed by atoms with Gasteiger partial charge in [0.1, 0.15) is 18.2 Å². The maximum Gasteiger partial charge on any atom is 0.193 e. The highest BCUT2D eigenvalue weighted by molar-refractivity contribution is 6.12. The van der Waals surface area contributed by atoms with Gasteiger partial charge in [0, 0.05) is 17.7 Å². The molecule has 4 rings (SSSR count). The van der Waals surface area contributed by atoms with Gasteiger partial charge in [-0.1, -0.05) is 36.4 Å². The van der Waals surface area contributed by atoms with E-state index in [0.29, 0.717) is 17.7 Å². The quantitative estimate of drug-likeness (QED) is 0.520. The summed E-state index contributed by atoms with van der Waals surface area (Å²) in [5, 5.41) is 0. The Morgan fingerprint density at radius 1 is 0.897 bits per heavy atom. The molecule has 0 spiro atoms. The molecule has 0 bridgehead atoms. The van der Waals surface area contributed by atoms with Crippen molar-refractivity contribution in [2.45, 2.75) is 12.8 Å². The molecule has 0 unspecified atom stereocenters. The van der Waals surface area contributed by atoms with Crippen LogP contribution in [0.25, 0.3) is 11.1 Å². The summed E-state index contributed by atoms with van der Waals surface area (Å²) in [7, 11) is 0. The van der Waals surface area contributed by atoms with E-state index >= 15 is 0 Å². The van der Waals surface area contributed by atoms with Crippen molar-refractivity contribution in [1.82, 2.24) is 4.90 Å². The van der Waals surface area contributed by atoms with Crippen LogP contribution in [0.5, 0.6) is 5.75 Å². The number of rotatable bonds is 7. The number of hydrogen-bond donors (Lipinski definition) is 0. The van der Waals surface area contributed by atoms with Crippen molar-refractivity contribution in [1.29, 1.82) is 0 Å². The summed E-state index contributed by atoms with van der Waals surface area (Å²) in [6, 6.07) is 21.0. The first-order valence-electron chi connectivity index (χ1n) is 10.1. The summed E-state index contributed by atoms with van der Waals surface area (Å²) in [5.41, 5.74) is 2.87. The molecule has 1 heterocycles. The Labute approximate surface area is 170 Å². The van der Waals surface area contributed by atoms with Crippen molar-refractivity contribution in [2.75, 3.05) is 26.2 Å². The molecule has 1 aliphatic heterocycles. The van der Waals surface area contributed by atoms with E-state index in [-0.39, 0.29) is 11.6 Å². The maximum absolute atomic E-state index is 13.2. The number of likely N-dealkylation sites (tertiary alicyclic amines) is 1. The van der Waals surface area contributed by atoms with Crippen LogP contribution in [0.2, 0.25) is 0 Å². The van der Waals surface area contributed by atoms with Crippen LogP contribution in [0.3, 0.4) is 0 Å². The third-order valence-electron chi connectivity index (χ3n) is 5.32. The lowest BCUT2D eigenvalue weighted by Crippen LogP contribution is -2.25. The van der Waals surface area contributed by atoms with E-state index in [1.165, 1.54) is 50.2 Å². The van der Waals surface area contributed by atoms with Crippen LogP contribution in [0, 0.1) is 5.82 Å². The Morgan fingerprint density at radius 3 is 2.31 bits per heavy atom. The minimum absolute atomic E-state index is 0.119. The van der Waals surface area contributed by atoms with Gasteiger partial charge in [-0.2, -0.15) is 0 Å².